The number of hydrogen-bond acceptors (Lipinski definition) is 2. The van der Waals surface area contributed by atoms with Crippen molar-refractivity contribution in [2.75, 3.05) is 7.05 Å². The molecule has 1 fully saturated rings. The Balaban J connectivity index is 2.50. The van der Waals surface area contributed by atoms with Gasteiger partial charge in [-0.25, -0.2) is 0 Å². The fourth-order valence-corrected chi connectivity index (χ4v) is 3.59. The minimum absolute atomic E-state index is 0.300. The van der Waals surface area contributed by atoms with Crippen LogP contribution in [0.4, 0.5) is 0 Å². The summed E-state index contributed by atoms with van der Waals surface area (Å²) in [6.07, 6.45) is 3.01. The van der Waals surface area contributed by atoms with Gasteiger partial charge in [-0.3, -0.25) is 0 Å². The molecule has 3 atom stereocenters. The second kappa shape index (κ2) is 5.87. The van der Waals surface area contributed by atoms with Crippen molar-refractivity contribution in [2.45, 2.75) is 72.6 Å². The van der Waals surface area contributed by atoms with Crippen LogP contribution in [0.5, 0.6) is 0 Å². The Morgan fingerprint density at radius 3 is 1.80 bits per heavy atom. The van der Waals surface area contributed by atoms with Crippen molar-refractivity contribution < 1.29 is 4.74 Å². The summed E-state index contributed by atoms with van der Waals surface area (Å²) in [7, 11) is 2.06. The largest absolute Gasteiger partial charge is 0.373 e. The molecule has 1 N–H and O–H groups in total. The van der Waals surface area contributed by atoms with E-state index < -0.39 is 0 Å². The standard InChI is InChI=1S/C18H29NO/c1-10-8-9-16(20-10)18(19-7)17-14(5)12(3)11(2)13(4)15(17)6/h10,16,18-19H,8-9H2,1-7H3. The highest BCUT2D eigenvalue weighted by Crippen LogP contribution is 2.36. The Morgan fingerprint density at radius 2 is 1.40 bits per heavy atom. The number of nitrogens with one attached hydrogen (secondary N) is 1. The molecule has 1 aliphatic rings. The molecule has 1 saturated heterocycles. The van der Waals surface area contributed by atoms with Gasteiger partial charge in [0.05, 0.1) is 18.2 Å². The molecule has 2 rings (SSSR count). The summed E-state index contributed by atoms with van der Waals surface area (Å²) in [4.78, 5) is 0. The lowest BCUT2D eigenvalue weighted by atomic mass is 9.84. The summed E-state index contributed by atoms with van der Waals surface area (Å²) < 4.78 is 6.13. The van der Waals surface area contributed by atoms with Crippen LogP contribution in [-0.4, -0.2) is 19.3 Å². The predicted molar refractivity (Wildman–Crippen MR) is 85.5 cm³/mol. The average Bonchev–Trinajstić information content (AvgIpc) is 2.85. The Labute approximate surface area is 123 Å². The first-order chi connectivity index (χ1) is 9.38. The summed E-state index contributed by atoms with van der Waals surface area (Å²) in [5.41, 5.74) is 8.58. The van der Waals surface area contributed by atoms with Crippen LogP contribution in [0.3, 0.4) is 0 Å². The van der Waals surface area contributed by atoms with Gasteiger partial charge in [0.25, 0.3) is 0 Å². The molecule has 0 radical (unpaired) electrons. The fraction of sp³-hybridized carbons (Fsp3) is 0.667. The SMILES string of the molecule is CNC(c1c(C)c(C)c(C)c(C)c1C)C1CCC(C)O1. The Bertz CT molecular complexity index is 478. The molecule has 1 heterocycles. The molecule has 0 spiro atoms. The first-order valence-corrected chi connectivity index (χ1v) is 7.78. The molecular weight excluding hydrogens is 246 g/mol. The highest BCUT2D eigenvalue weighted by Gasteiger charge is 2.32. The van der Waals surface area contributed by atoms with Gasteiger partial charge in [0.1, 0.15) is 0 Å². The summed E-state index contributed by atoms with van der Waals surface area (Å²) in [6.45, 7) is 13.4. The molecule has 0 aromatic heterocycles. The van der Waals surface area contributed by atoms with Gasteiger partial charge < -0.3 is 10.1 Å². The van der Waals surface area contributed by atoms with Crippen molar-refractivity contribution in [1.82, 2.24) is 5.32 Å². The molecule has 0 aliphatic carbocycles. The Hall–Kier alpha value is -0.860. The molecule has 0 bridgehead atoms. The van der Waals surface area contributed by atoms with Crippen LogP contribution in [0.25, 0.3) is 0 Å². The van der Waals surface area contributed by atoms with Gasteiger partial charge in [-0.05, 0) is 94.8 Å². The summed E-state index contributed by atoms with van der Waals surface area (Å²) in [5.74, 6) is 0. The van der Waals surface area contributed by atoms with E-state index in [1.165, 1.54) is 39.8 Å². The highest BCUT2D eigenvalue weighted by molar-refractivity contribution is 5.51. The van der Waals surface area contributed by atoms with Gasteiger partial charge in [-0.2, -0.15) is 0 Å². The van der Waals surface area contributed by atoms with E-state index in [1.54, 1.807) is 0 Å². The van der Waals surface area contributed by atoms with E-state index in [4.69, 9.17) is 4.74 Å². The first kappa shape index (κ1) is 15.5. The third-order valence-corrected chi connectivity index (χ3v) is 5.32. The lowest BCUT2D eigenvalue weighted by molar-refractivity contribution is 0.0330. The monoisotopic (exact) mass is 275 g/mol. The minimum atomic E-state index is 0.300. The van der Waals surface area contributed by atoms with E-state index in [1.807, 2.05) is 0 Å². The number of rotatable bonds is 3. The van der Waals surface area contributed by atoms with Crippen molar-refractivity contribution >= 4 is 0 Å². The zero-order valence-corrected chi connectivity index (χ0v) is 14.1. The third-order valence-electron chi connectivity index (χ3n) is 5.32. The van der Waals surface area contributed by atoms with E-state index in [2.05, 4.69) is 53.9 Å². The lowest BCUT2D eigenvalue weighted by Gasteiger charge is -2.29. The molecule has 3 unspecified atom stereocenters. The van der Waals surface area contributed by atoms with Crippen molar-refractivity contribution in [1.29, 1.82) is 0 Å². The van der Waals surface area contributed by atoms with Crippen molar-refractivity contribution in [3.63, 3.8) is 0 Å². The van der Waals surface area contributed by atoms with Crippen LogP contribution in [0.1, 0.15) is 59.2 Å². The molecule has 1 aromatic carbocycles. The van der Waals surface area contributed by atoms with Crippen LogP contribution in [0.15, 0.2) is 0 Å². The minimum Gasteiger partial charge on any atom is -0.373 e. The predicted octanol–water partition coefficient (Wildman–Crippen LogP) is 4.06. The number of benzene rings is 1. The van der Waals surface area contributed by atoms with Gasteiger partial charge in [0.2, 0.25) is 0 Å². The van der Waals surface area contributed by atoms with Gasteiger partial charge in [0, 0.05) is 0 Å². The molecule has 1 aromatic rings. The van der Waals surface area contributed by atoms with Gasteiger partial charge in [-0.15, -0.1) is 0 Å². The number of ether oxygens (including phenoxy) is 1. The second-order valence-electron chi connectivity index (χ2n) is 6.37. The molecule has 20 heavy (non-hydrogen) atoms. The molecule has 0 amide bonds. The second-order valence-corrected chi connectivity index (χ2v) is 6.37. The number of hydrogen-bond donors (Lipinski definition) is 1. The van der Waals surface area contributed by atoms with E-state index in [9.17, 15) is 0 Å². The summed E-state index contributed by atoms with van der Waals surface area (Å²) in [6, 6.07) is 0.304. The molecule has 0 saturated carbocycles. The van der Waals surface area contributed by atoms with Crippen molar-refractivity contribution in [3.05, 3.63) is 33.4 Å². The summed E-state index contributed by atoms with van der Waals surface area (Å²) >= 11 is 0. The molecular formula is C18H29NO. The maximum absolute atomic E-state index is 6.13. The molecule has 1 aliphatic heterocycles. The fourth-order valence-electron chi connectivity index (χ4n) is 3.59. The van der Waals surface area contributed by atoms with Crippen LogP contribution in [0.2, 0.25) is 0 Å². The molecule has 2 nitrogen and oxygen atoms in total. The Morgan fingerprint density at radius 1 is 0.900 bits per heavy atom. The van der Waals surface area contributed by atoms with Gasteiger partial charge in [0.15, 0.2) is 0 Å². The highest BCUT2D eigenvalue weighted by atomic mass is 16.5. The third kappa shape index (κ3) is 2.51. The van der Waals surface area contributed by atoms with E-state index in [0.717, 1.165) is 6.42 Å². The smallest absolute Gasteiger partial charge is 0.0774 e. The van der Waals surface area contributed by atoms with Crippen LogP contribution in [0, 0.1) is 34.6 Å². The zero-order chi connectivity index (χ0) is 15.0. The van der Waals surface area contributed by atoms with Gasteiger partial charge in [-0.1, -0.05) is 0 Å². The molecule has 112 valence electrons. The van der Waals surface area contributed by atoms with E-state index in [-0.39, 0.29) is 0 Å². The first-order valence-electron chi connectivity index (χ1n) is 7.78. The zero-order valence-electron chi connectivity index (χ0n) is 14.1. The van der Waals surface area contributed by atoms with Gasteiger partial charge >= 0.3 is 0 Å². The van der Waals surface area contributed by atoms with E-state index in [0.29, 0.717) is 18.2 Å². The quantitative estimate of drug-likeness (QED) is 0.898. The Kier molecular flexibility index (Phi) is 4.55. The van der Waals surface area contributed by atoms with Crippen LogP contribution in [-0.2, 0) is 4.74 Å². The normalized spacial score (nSPS) is 24.1. The number of likely N-dealkylation sites (N-methyl/N-ethyl adjacent to an activating group) is 1. The maximum Gasteiger partial charge on any atom is 0.0774 e. The maximum atomic E-state index is 6.13. The van der Waals surface area contributed by atoms with Crippen LogP contribution < -0.4 is 5.32 Å². The van der Waals surface area contributed by atoms with E-state index >= 15 is 0 Å². The lowest BCUT2D eigenvalue weighted by Crippen LogP contribution is -2.31. The molecule has 2 heteroatoms. The topological polar surface area (TPSA) is 21.3 Å². The van der Waals surface area contributed by atoms with Crippen molar-refractivity contribution in [2.24, 2.45) is 0 Å². The van der Waals surface area contributed by atoms with Crippen molar-refractivity contribution in [3.8, 4) is 0 Å². The average molecular weight is 275 g/mol. The van der Waals surface area contributed by atoms with Crippen LogP contribution >= 0.6 is 0 Å². The summed E-state index contributed by atoms with van der Waals surface area (Å²) in [5, 5.41) is 3.51.